The number of aldehydes is 1. The van der Waals surface area contributed by atoms with Gasteiger partial charge in [0.25, 0.3) is 0 Å². The van der Waals surface area contributed by atoms with E-state index in [2.05, 4.69) is 0 Å². The molecule has 0 bridgehead atoms. The Kier molecular flexibility index (Phi) is 4.37. The van der Waals surface area contributed by atoms with Gasteiger partial charge in [-0.3, -0.25) is 4.79 Å². The van der Waals surface area contributed by atoms with Crippen molar-refractivity contribution < 1.29 is 23.7 Å². The van der Waals surface area contributed by atoms with Crippen LogP contribution < -0.4 is 9.47 Å². The number of hydrogen-bond acceptors (Lipinski definition) is 5. The van der Waals surface area contributed by atoms with Crippen LogP contribution in [-0.2, 0) is 9.47 Å². The third-order valence-electron chi connectivity index (χ3n) is 3.33. The van der Waals surface area contributed by atoms with Gasteiger partial charge in [0.15, 0.2) is 17.8 Å². The zero-order valence-electron chi connectivity index (χ0n) is 12.2. The maximum Gasteiger partial charge on any atom is 0.184 e. The van der Waals surface area contributed by atoms with Gasteiger partial charge in [-0.25, -0.2) is 0 Å². The minimum absolute atomic E-state index is 0.370. The van der Waals surface area contributed by atoms with Gasteiger partial charge in [-0.15, -0.1) is 0 Å². The van der Waals surface area contributed by atoms with E-state index in [1.807, 2.05) is 18.2 Å². The van der Waals surface area contributed by atoms with E-state index < -0.39 is 0 Å². The zero-order valence-corrected chi connectivity index (χ0v) is 12.2. The molecule has 1 aliphatic heterocycles. The van der Waals surface area contributed by atoms with E-state index >= 15 is 0 Å². The molecule has 5 nitrogen and oxygen atoms in total. The minimum Gasteiger partial charge on any atom is -0.493 e. The summed E-state index contributed by atoms with van der Waals surface area (Å²) in [6.45, 7) is 1.17. The summed E-state index contributed by atoms with van der Waals surface area (Å²) >= 11 is 0. The highest BCUT2D eigenvalue weighted by Gasteiger charge is 2.20. The highest BCUT2D eigenvalue weighted by molar-refractivity contribution is 5.74. The van der Waals surface area contributed by atoms with E-state index in [4.69, 9.17) is 18.9 Å². The van der Waals surface area contributed by atoms with Gasteiger partial charge in [0.05, 0.1) is 20.3 Å². The molecule has 1 fully saturated rings. The summed E-state index contributed by atoms with van der Waals surface area (Å²) in [5.74, 6) is 1.80. The van der Waals surface area contributed by atoms with Crippen molar-refractivity contribution in [3.05, 3.63) is 53.6 Å². The zero-order chi connectivity index (χ0) is 15.4. The number of carbonyl (C=O) groups excluding carboxylic acids is 1. The molecule has 22 heavy (non-hydrogen) atoms. The first-order valence-corrected chi connectivity index (χ1v) is 6.94. The van der Waals surface area contributed by atoms with E-state index in [-0.39, 0.29) is 6.29 Å². The normalized spacial score (nSPS) is 14.8. The molecule has 1 aliphatic rings. The van der Waals surface area contributed by atoms with Gasteiger partial charge < -0.3 is 18.9 Å². The fraction of sp³-hybridized carbons (Fsp3) is 0.235. The van der Waals surface area contributed by atoms with Crippen LogP contribution in [0.1, 0.15) is 22.2 Å². The lowest BCUT2D eigenvalue weighted by molar-refractivity contribution is -0.0442. The summed E-state index contributed by atoms with van der Waals surface area (Å²) in [5.41, 5.74) is 1.47. The average Bonchev–Trinajstić information content (AvgIpc) is 3.10. The summed E-state index contributed by atoms with van der Waals surface area (Å²) < 4.78 is 22.1. The van der Waals surface area contributed by atoms with E-state index in [0.29, 0.717) is 36.0 Å². The molecule has 1 saturated heterocycles. The van der Waals surface area contributed by atoms with Crippen molar-refractivity contribution in [1.29, 1.82) is 0 Å². The van der Waals surface area contributed by atoms with Gasteiger partial charge in [-0.05, 0) is 36.4 Å². The predicted molar refractivity (Wildman–Crippen MR) is 79.5 cm³/mol. The lowest BCUT2D eigenvalue weighted by atomic mass is 10.2. The molecule has 0 aromatic heterocycles. The number of hydrogen-bond donors (Lipinski definition) is 0. The van der Waals surface area contributed by atoms with Crippen molar-refractivity contribution in [3.63, 3.8) is 0 Å². The number of carbonyl (C=O) groups is 1. The summed E-state index contributed by atoms with van der Waals surface area (Å²) in [6, 6.07) is 12.4. The van der Waals surface area contributed by atoms with Crippen LogP contribution in [0.15, 0.2) is 42.5 Å². The highest BCUT2D eigenvalue weighted by atomic mass is 16.7. The first-order valence-electron chi connectivity index (χ1n) is 6.94. The molecule has 0 aliphatic carbocycles. The molecule has 0 radical (unpaired) electrons. The molecular weight excluding hydrogens is 284 g/mol. The molecule has 5 heteroatoms. The van der Waals surface area contributed by atoms with Crippen molar-refractivity contribution in [2.24, 2.45) is 0 Å². The molecule has 114 valence electrons. The molecule has 0 saturated carbocycles. The quantitative estimate of drug-likeness (QED) is 0.793. The largest absolute Gasteiger partial charge is 0.493 e. The molecule has 0 atom stereocenters. The summed E-state index contributed by atoms with van der Waals surface area (Å²) in [6.07, 6.45) is 0.422. The fourth-order valence-corrected chi connectivity index (χ4v) is 2.21. The molecule has 0 N–H and O–H groups in total. The van der Waals surface area contributed by atoms with Gasteiger partial charge in [0, 0.05) is 11.1 Å². The van der Waals surface area contributed by atoms with Crippen molar-refractivity contribution >= 4 is 6.29 Å². The lowest BCUT2D eigenvalue weighted by Gasteiger charge is -2.14. The Morgan fingerprint density at radius 1 is 1.05 bits per heavy atom. The van der Waals surface area contributed by atoms with Crippen LogP contribution in [0, 0.1) is 0 Å². The van der Waals surface area contributed by atoms with E-state index in [0.717, 1.165) is 11.8 Å². The maximum absolute atomic E-state index is 10.7. The van der Waals surface area contributed by atoms with E-state index in [9.17, 15) is 4.79 Å². The Balaban J connectivity index is 1.86. The van der Waals surface area contributed by atoms with Crippen molar-refractivity contribution in [2.75, 3.05) is 20.3 Å². The lowest BCUT2D eigenvalue weighted by Crippen LogP contribution is -1.99. The fourth-order valence-electron chi connectivity index (χ4n) is 2.21. The van der Waals surface area contributed by atoms with Crippen molar-refractivity contribution in [3.8, 4) is 17.2 Å². The Labute approximate surface area is 128 Å². The topological polar surface area (TPSA) is 54.0 Å². The molecule has 0 unspecified atom stereocenters. The first kappa shape index (κ1) is 14.6. The number of methoxy groups -OCH3 is 1. The minimum atomic E-state index is -0.370. The van der Waals surface area contributed by atoms with Gasteiger partial charge in [-0.1, -0.05) is 6.07 Å². The van der Waals surface area contributed by atoms with Crippen LogP contribution in [0.5, 0.6) is 17.2 Å². The van der Waals surface area contributed by atoms with Crippen LogP contribution in [-0.4, -0.2) is 26.6 Å². The van der Waals surface area contributed by atoms with Crippen LogP contribution in [0.25, 0.3) is 0 Å². The summed E-state index contributed by atoms with van der Waals surface area (Å²) in [4.78, 5) is 10.7. The molecule has 3 rings (SSSR count). The van der Waals surface area contributed by atoms with Crippen molar-refractivity contribution in [1.82, 2.24) is 0 Å². The molecule has 2 aromatic rings. The van der Waals surface area contributed by atoms with Crippen LogP contribution in [0.2, 0.25) is 0 Å². The van der Waals surface area contributed by atoms with E-state index in [1.165, 1.54) is 0 Å². The second kappa shape index (κ2) is 6.60. The third-order valence-corrected chi connectivity index (χ3v) is 3.33. The van der Waals surface area contributed by atoms with Gasteiger partial charge in [-0.2, -0.15) is 0 Å². The molecule has 0 spiro atoms. The number of ether oxygens (including phenoxy) is 4. The van der Waals surface area contributed by atoms with E-state index in [1.54, 1.807) is 31.4 Å². The number of rotatable bonds is 5. The monoisotopic (exact) mass is 300 g/mol. The predicted octanol–water partition coefficient (Wildman–Crippen LogP) is 3.35. The third kappa shape index (κ3) is 3.10. The Hall–Kier alpha value is -2.37. The average molecular weight is 300 g/mol. The highest BCUT2D eigenvalue weighted by Crippen LogP contribution is 2.35. The SMILES string of the molecule is COc1ccc(C2OCCO2)cc1Oc1ccc(C=O)cc1. The van der Waals surface area contributed by atoms with Crippen molar-refractivity contribution in [2.45, 2.75) is 6.29 Å². The summed E-state index contributed by atoms with van der Waals surface area (Å²) in [5, 5.41) is 0. The standard InChI is InChI=1S/C17H16O5/c1-19-15-7-4-13(17-20-8-9-21-17)10-16(15)22-14-5-2-12(11-18)3-6-14/h2-7,10-11,17H,8-9H2,1H3. The van der Waals surface area contributed by atoms with Gasteiger partial charge in [0.2, 0.25) is 0 Å². The Bertz CT molecular complexity index is 645. The second-order valence-electron chi connectivity index (χ2n) is 4.77. The van der Waals surface area contributed by atoms with Crippen LogP contribution >= 0.6 is 0 Å². The molecule has 0 amide bonds. The Morgan fingerprint density at radius 2 is 1.77 bits per heavy atom. The Morgan fingerprint density at radius 3 is 2.41 bits per heavy atom. The second-order valence-corrected chi connectivity index (χ2v) is 4.77. The molecular formula is C17H16O5. The van der Waals surface area contributed by atoms with Crippen LogP contribution in [0.4, 0.5) is 0 Å². The van der Waals surface area contributed by atoms with Gasteiger partial charge >= 0.3 is 0 Å². The maximum atomic E-state index is 10.7. The molecule has 1 heterocycles. The van der Waals surface area contributed by atoms with Crippen LogP contribution in [0.3, 0.4) is 0 Å². The smallest absolute Gasteiger partial charge is 0.184 e. The number of benzene rings is 2. The first-order chi connectivity index (χ1) is 10.8. The summed E-state index contributed by atoms with van der Waals surface area (Å²) in [7, 11) is 1.58. The molecule has 2 aromatic carbocycles. The van der Waals surface area contributed by atoms with Gasteiger partial charge in [0.1, 0.15) is 12.0 Å².